The monoisotopic (exact) mass is 274 g/mol. The summed E-state index contributed by atoms with van der Waals surface area (Å²) in [7, 11) is 0. The van der Waals surface area contributed by atoms with Gasteiger partial charge in [-0.1, -0.05) is 19.3 Å². The molecule has 0 spiro atoms. The van der Waals surface area contributed by atoms with Crippen LogP contribution in [0.25, 0.3) is 0 Å². The highest BCUT2D eigenvalue weighted by Crippen LogP contribution is 2.28. The smallest absolute Gasteiger partial charge is 0.223 e. The van der Waals surface area contributed by atoms with Gasteiger partial charge in [-0.05, 0) is 51.0 Å². The second kappa shape index (κ2) is 8.00. The zero-order valence-electron chi connectivity index (χ0n) is 11.2. The third kappa shape index (κ3) is 4.43. The molecule has 0 unspecified atom stereocenters. The number of nitrogens with two attached hydrogens (primary N) is 1. The van der Waals surface area contributed by atoms with Crippen molar-refractivity contribution in [2.75, 3.05) is 6.54 Å². The van der Waals surface area contributed by atoms with Crippen molar-refractivity contribution in [3.05, 3.63) is 0 Å². The van der Waals surface area contributed by atoms with Crippen LogP contribution in [0.15, 0.2) is 0 Å². The van der Waals surface area contributed by atoms with Gasteiger partial charge in [0.05, 0.1) is 0 Å². The summed E-state index contributed by atoms with van der Waals surface area (Å²) in [4.78, 5) is 12.1. The predicted molar refractivity (Wildman–Crippen MR) is 76.8 cm³/mol. The highest BCUT2D eigenvalue weighted by Gasteiger charge is 2.27. The summed E-state index contributed by atoms with van der Waals surface area (Å²) in [5, 5.41) is 3.25. The molecule has 0 aromatic heterocycles. The lowest BCUT2D eigenvalue weighted by Gasteiger charge is -2.29. The maximum Gasteiger partial charge on any atom is 0.223 e. The summed E-state index contributed by atoms with van der Waals surface area (Å²) in [6, 6.07) is 0.462. The number of amides is 1. The maximum atomic E-state index is 12.1. The zero-order valence-corrected chi connectivity index (χ0v) is 12.0. The highest BCUT2D eigenvalue weighted by molar-refractivity contribution is 5.85. The average Bonchev–Trinajstić information content (AvgIpc) is 2.40. The molecule has 3 nitrogen and oxygen atoms in total. The van der Waals surface area contributed by atoms with Crippen LogP contribution in [0.1, 0.15) is 57.8 Å². The van der Waals surface area contributed by atoms with Gasteiger partial charge in [0.15, 0.2) is 0 Å². The van der Waals surface area contributed by atoms with Crippen LogP contribution >= 0.6 is 12.4 Å². The first-order valence-corrected chi connectivity index (χ1v) is 7.30. The van der Waals surface area contributed by atoms with Gasteiger partial charge in [-0.15, -0.1) is 12.4 Å². The highest BCUT2D eigenvalue weighted by atomic mass is 35.5. The van der Waals surface area contributed by atoms with Crippen molar-refractivity contribution in [3.8, 4) is 0 Å². The van der Waals surface area contributed by atoms with Crippen LogP contribution in [-0.2, 0) is 4.79 Å². The lowest BCUT2D eigenvalue weighted by atomic mass is 9.81. The van der Waals surface area contributed by atoms with Crippen LogP contribution < -0.4 is 11.1 Å². The van der Waals surface area contributed by atoms with Crippen LogP contribution in [0.3, 0.4) is 0 Å². The van der Waals surface area contributed by atoms with Gasteiger partial charge in [0.2, 0.25) is 5.91 Å². The zero-order chi connectivity index (χ0) is 12.1. The molecule has 2 rings (SSSR count). The molecule has 3 N–H and O–H groups in total. The second-order valence-corrected chi connectivity index (χ2v) is 5.80. The molecule has 1 amide bonds. The lowest BCUT2D eigenvalue weighted by molar-refractivity contribution is -0.127. The number of hydrogen-bond acceptors (Lipinski definition) is 2. The fourth-order valence-corrected chi connectivity index (χ4v) is 3.23. The fourth-order valence-electron chi connectivity index (χ4n) is 3.23. The van der Waals surface area contributed by atoms with Crippen molar-refractivity contribution in [1.29, 1.82) is 0 Å². The lowest BCUT2D eigenvalue weighted by Crippen LogP contribution is -2.41. The van der Waals surface area contributed by atoms with Crippen molar-refractivity contribution in [2.24, 2.45) is 17.6 Å². The number of carbonyl (C=O) groups is 1. The van der Waals surface area contributed by atoms with Crippen molar-refractivity contribution in [3.63, 3.8) is 0 Å². The Morgan fingerprint density at radius 2 is 1.61 bits per heavy atom. The van der Waals surface area contributed by atoms with E-state index in [4.69, 9.17) is 5.73 Å². The molecule has 0 atom stereocenters. The van der Waals surface area contributed by atoms with E-state index in [1.807, 2.05) is 0 Å². The van der Waals surface area contributed by atoms with Crippen LogP contribution in [0.4, 0.5) is 0 Å². The summed E-state index contributed by atoms with van der Waals surface area (Å²) >= 11 is 0. The molecule has 0 saturated heterocycles. The molecular formula is C14H27ClN2O. The molecule has 4 heteroatoms. The molecule has 0 aromatic rings. The molecular weight excluding hydrogens is 248 g/mol. The Morgan fingerprint density at radius 3 is 2.17 bits per heavy atom. The summed E-state index contributed by atoms with van der Waals surface area (Å²) in [6.07, 6.45) is 10.6. The van der Waals surface area contributed by atoms with Gasteiger partial charge in [-0.3, -0.25) is 4.79 Å². The van der Waals surface area contributed by atoms with Crippen molar-refractivity contribution in [1.82, 2.24) is 5.32 Å². The summed E-state index contributed by atoms with van der Waals surface area (Å²) in [5.74, 6) is 1.24. The van der Waals surface area contributed by atoms with Gasteiger partial charge in [0.25, 0.3) is 0 Å². The van der Waals surface area contributed by atoms with Gasteiger partial charge in [-0.25, -0.2) is 0 Å². The first-order valence-electron chi connectivity index (χ1n) is 7.30. The standard InChI is InChI=1S/C14H26N2O.ClH/c15-10-11-6-8-12(9-7-11)14(17)16-13-4-2-1-3-5-13;/h11-13H,1-10,15H2,(H,16,17);1H/t11-,12-;. The van der Waals surface area contributed by atoms with Crippen LogP contribution in [0.2, 0.25) is 0 Å². The number of rotatable bonds is 3. The Labute approximate surface area is 117 Å². The second-order valence-electron chi connectivity index (χ2n) is 5.80. The Hall–Kier alpha value is -0.280. The van der Waals surface area contributed by atoms with E-state index in [-0.39, 0.29) is 18.3 Å². The van der Waals surface area contributed by atoms with E-state index >= 15 is 0 Å². The molecule has 2 fully saturated rings. The Balaban J connectivity index is 0.00000162. The number of halogens is 1. The summed E-state index contributed by atoms with van der Waals surface area (Å²) in [6.45, 7) is 0.789. The van der Waals surface area contributed by atoms with E-state index in [0.717, 1.165) is 32.2 Å². The van der Waals surface area contributed by atoms with E-state index in [0.29, 0.717) is 17.9 Å². The SMILES string of the molecule is Cl.NC[C@H]1CC[C@H](C(=O)NC2CCCCC2)CC1. The van der Waals surface area contributed by atoms with Crippen LogP contribution in [-0.4, -0.2) is 18.5 Å². The van der Waals surface area contributed by atoms with Gasteiger partial charge in [0, 0.05) is 12.0 Å². The quantitative estimate of drug-likeness (QED) is 0.831. The molecule has 2 saturated carbocycles. The average molecular weight is 275 g/mol. The molecule has 106 valence electrons. The number of hydrogen-bond donors (Lipinski definition) is 2. The van der Waals surface area contributed by atoms with Crippen LogP contribution in [0, 0.1) is 11.8 Å². The number of nitrogens with one attached hydrogen (secondary N) is 1. The third-order valence-electron chi connectivity index (χ3n) is 4.50. The maximum absolute atomic E-state index is 12.1. The first kappa shape index (κ1) is 15.8. The normalized spacial score (nSPS) is 29.4. The fraction of sp³-hybridized carbons (Fsp3) is 0.929. The third-order valence-corrected chi connectivity index (χ3v) is 4.50. The Kier molecular flexibility index (Phi) is 7.02. The van der Waals surface area contributed by atoms with E-state index in [1.165, 1.54) is 32.1 Å². The minimum atomic E-state index is 0. The summed E-state index contributed by atoms with van der Waals surface area (Å²) < 4.78 is 0. The van der Waals surface area contributed by atoms with Gasteiger partial charge in [0.1, 0.15) is 0 Å². The molecule has 0 bridgehead atoms. The molecule has 0 aliphatic heterocycles. The molecule has 0 heterocycles. The van der Waals surface area contributed by atoms with E-state index in [1.54, 1.807) is 0 Å². The van der Waals surface area contributed by atoms with Gasteiger partial charge < -0.3 is 11.1 Å². The van der Waals surface area contributed by atoms with Crippen molar-refractivity contribution >= 4 is 18.3 Å². The Bertz CT molecular complexity index is 246. The largest absolute Gasteiger partial charge is 0.353 e. The summed E-state index contributed by atoms with van der Waals surface area (Å²) in [5.41, 5.74) is 5.67. The molecule has 0 aromatic carbocycles. The van der Waals surface area contributed by atoms with Gasteiger partial charge in [-0.2, -0.15) is 0 Å². The van der Waals surface area contributed by atoms with E-state index in [2.05, 4.69) is 5.32 Å². The molecule has 18 heavy (non-hydrogen) atoms. The van der Waals surface area contributed by atoms with E-state index in [9.17, 15) is 4.79 Å². The Morgan fingerprint density at radius 1 is 1.00 bits per heavy atom. The van der Waals surface area contributed by atoms with Gasteiger partial charge >= 0.3 is 0 Å². The molecule has 2 aliphatic rings. The van der Waals surface area contributed by atoms with Crippen molar-refractivity contribution < 1.29 is 4.79 Å². The predicted octanol–water partition coefficient (Wildman–Crippen LogP) is 2.62. The number of carbonyl (C=O) groups excluding carboxylic acids is 1. The molecule has 2 aliphatic carbocycles. The van der Waals surface area contributed by atoms with Crippen LogP contribution in [0.5, 0.6) is 0 Å². The van der Waals surface area contributed by atoms with E-state index < -0.39 is 0 Å². The first-order chi connectivity index (χ1) is 8.29. The minimum absolute atomic E-state index is 0. The van der Waals surface area contributed by atoms with Crippen molar-refractivity contribution in [2.45, 2.75) is 63.8 Å². The molecule has 0 radical (unpaired) electrons. The topological polar surface area (TPSA) is 55.1 Å². The minimum Gasteiger partial charge on any atom is -0.353 e.